The van der Waals surface area contributed by atoms with Gasteiger partial charge in [-0.05, 0) is 37.3 Å². The standard InChI is InChI=1S/C17H17NO4S/c1-12-5-8-14(9-6-12)23(19,20)17(18-2)13-7-10-15(21-3)16(11-13)22-4/h5-11,17H,1,3-4H3. The number of nitrogens with zero attached hydrogens (tertiary/aromatic N) is 1. The molecular weight excluding hydrogens is 314 g/mol. The lowest BCUT2D eigenvalue weighted by Gasteiger charge is -2.12. The van der Waals surface area contributed by atoms with Crippen LogP contribution >= 0.6 is 0 Å². The van der Waals surface area contributed by atoms with Gasteiger partial charge in [0, 0.05) is 0 Å². The summed E-state index contributed by atoms with van der Waals surface area (Å²) in [5, 5.41) is -1.33. The van der Waals surface area contributed by atoms with E-state index in [1.807, 2.05) is 6.92 Å². The van der Waals surface area contributed by atoms with E-state index >= 15 is 0 Å². The number of rotatable bonds is 5. The first-order chi connectivity index (χ1) is 10.9. The predicted octanol–water partition coefficient (Wildman–Crippen LogP) is 3.40. The van der Waals surface area contributed by atoms with Gasteiger partial charge in [-0.15, -0.1) is 0 Å². The van der Waals surface area contributed by atoms with Crippen molar-refractivity contribution in [3.8, 4) is 11.5 Å². The first-order valence-electron chi connectivity index (χ1n) is 6.83. The summed E-state index contributed by atoms with van der Waals surface area (Å²) >= 11 is 0. The summed E-state index contributed by atoms with van der Waals surface area (Å²) in [4.78, 5) is 3.45. The quantitative estimate of drug-likeness (QED) is 0.788. The molecule has 0 saturated carbocycles. The Kier molecular flexibility index (Phi) is 4.92. The number of hydrogen-bond donors (Lipinski definition) is 0. The van der Waals surface area contributed by atoms with E-state index in [-0.39, 0.29) is 4.90 Å². The van der Waals surface area contributed by atoms with Gasteiger partial charge < -0.3 is 9.47 Å². The number of hydrogen-bond acceptors (Lipinski definition) is 4. The lowest BCUT2D eigenvalue weighted by atomic mass is 10.2. The van der Waals surface area contributed by atoms with Crippen molar-refractivity contribution in [2.24, 2.45) is 0 Å². The van der Waals surface area contributed by atoms with Gasteiger partial charge in [-0.25, -0.2) is 15.0 Å². The molecule has 0 radical (unpaired) electrons. The van der Waals surface area contributed by atoms with Crippen LogP contribution in [0, 0.1) is 13.5 Å². The number of aryl methyl sites for hydroxylation is 1. The molecular formula is C17H17NO4S. The van der Waals surface area contributed by atoms with Gasteiger partial charge >= 0.3 is 5.37 Å². The Morgan fingerprint density at radius 3 is 2.13 bits per heavy atom. The summed E-state index contributed by atoms with van der Waals surface area (Å²) in [6.45, 7) is 9.22. The van der Waals surface area contributed by atoms with Crippen molar-refractivity contribution in [3.63, 3.8) is 0 Å². The Bertz CT molecular complexity index is 836. The fraction of sp³-hybridized carbons (Fsp3) is 0.235. The maximum Gasteiger partial charge on any atom is 0.350 e. The Morgan fingerprint density at radius 2 is 1.61 bits per heavy atom. The minimum atomic E-state index is -3.82. The third-order valence-electron chi connectivity index (χ3n) is 3.45. The maximum absolute atomic E-state index is 12.7. The minimum absolute atomic E-state index is 0.124. The highest BCUT2D eigenvalue weighted by atomic mass is 32.2. The molecule has 2 aromatic carbocycles. The van der Waals surface area contributed by atoms with Crippen LogP contribution < -0.4 is 9.47 Å². The molecule has 2 rings (SSSR count). The van der Waals surface area contributed by atoms with E-state index in [1.54, 1.807) is 24.3 Å². The van der Waals surface area contributed by atoms with Crippen LogP contribution in [0.1, 0.15) is 16.5 Å². The molecule has 0 aliphatic heterocycles. The highest BCUT2D eigenvalue weighted by molar-refractivity contribution is 7.91. The number of methoxy groups -OCH3 is 2. The van der Waals surface area contributed by atoms with Crippen LogP contribution in [-0.2, 0) is 9.84 Å². The molecule has 23 heavy (non-hydrogen) atoms. The van der Waals surface area contributed by atoms with Gasteiger partial charge in [0.1, 0.15) is 0 Å². The molecule has 0 aliphatic carbocycles. The van der Waals surface area contributed by atoms with Crippen LogP contribution in [0.5, 0.6) is 11.5 Å². The van der Waals surface area contributed by atoms with E-state index in [0.29, 0.717) is 17.1 Å². The molecule has 0 aliphatic rings. The molecule has 0 spiro atoms. The van der Waals surface area contributed by atoms with Crippen molar-refractivity contribution < 1.29 is 17.9 Å². The van der Waals surface area contributed by atoms with E-state index < -0.39 is 15.2 Å². The highest BCUT2D eigenvalue weighted by Gasteiger charge is 2.35. The monoisotopic (exact) mass is 331 g/mol. The Balaban J connectivity index is 2.51. The first kappa shape index (κ1) is 16.8. The predicted molar refractivity (Wildman–Crippen MR) is 87.3 cm³/mol. The molecule has 1 unspecified atom stereocenters. The summed E-state index contributed by atoms with van der Waals surface area (Å²) in [6, 6.07) is 11.1. The van der Waals surface area contributed by atoms with Gasteiger partial charge in [-0.1, -0.05) is 17.7 Å². The second-order valence-electron chi connectivity index (χ2n) is 4.95. The summed E-state index contributed by atoms with van der Waals surface area (Å²) in [5.41, 5.74) is 1.30. The summed E-state index contributed by atoms with van der Waals surface area (Å²) in [6.07, 6.45) is 0. The summed E-state index contributed by atoms with van der Waals surface area (Å²) in [7, 11) is -0.862. The van der Waals surface area contributed by atoms with Gasteiger partial charge in [0.2, 0.25) is 0 Å². The van der Waals surface area contributed by atoms with E-state index in [0.717, 1.165) is 5.56 Å². The van der Waals surface area contributed by atoms with Gasteiger partial charge in [0.25, 0.3) is 9.84 Å². The second kappa shape index (κ2) is 6.71. The third-order valence-corrected chi connectivity index (χ3v) is 5.35. The Morgan fingerprint density at radius 1 is 1.00 bits per heavy atom. The van der Waals surface area contributed by atoms with Crippen LogP contribution in [0.3, 0.4) is 0 Å². The third kappa shape index (κ3) is 3.30. The molecule has 0 amide bonds. The molecule has 0 aromatic heterocycles. The summed E-state index contributed by atoms with van der Waals surface area (Å²) in [5.74, 6) is 0.866. The topological polar surface area (TPSA) is 57.0 Å². The van der Waals surface area contributed by atoms with Crippen LogP contribution in [-0.4, -0.2) is 22.6 Å². The van der Waals surface area contributed by atoms with Crippen LogP contribution in [0.4, 0.5) is 0 Å². The zero-order valence-corrected chi connectivity index (χ0v) is 13.9. The van der Waals surface area contributed by atoms with E-state index in [9.17, 15) is 8.42 Å². The van der Waals surface area contributed by atoms with Crippen molar-refractivity contribution in [3.05, 3.63) is 65.0 Å². The zero-order chi connectivity index (χ0) is 17.0. The van der Waals surface area contributed by atoms with E-state index in [2.05, 4.69) is 4.85 Å². The van der Waals surface area contributed by atoms with Gasteiger partial charge in [0.15, 0.2) is 11.5 Å². The highest BCUT2D eigenvalue weighted by Crippen LogP contribution is 2.35. The first-order valence-corrected chi connectivity index (χ1v) is 8.37. The zero-order valence-electron chi connectivity index (χ0n) is 13.1. The van der Waals surface area contributed by atoms with E-state index in [4.69, 9.17) is 16.0 Å². The molecule has 0 N–H and O–H groups in total. The Labute approximate surface area is 136 Å². The Hall–Kier alpha value is -2.52. The molecule has 6 heteroatoms. The molecule has 1 atom stereocenters. The number of ether oxygens (including phenoxy) is 2. The average Bonchev–Trinajstić information content (AvgIpc) is 2.55. The summed E-state index contributed by atoms with van der Waals surface area (Å²) < 4.78 is 35.8. The van der Waals surface area contributed by atoms with Crippen molar-refractivity contribution in [2.75, 3.05) is 14.2 Å². The molecule has 0 saturated heterocycles. The second-order valence-corrected chi connectivity index (χ2v) is 6.96. The van der Waals surface area contributed by atoms with E-state index in [1.165, 1.54) is 32.4 Å². The maximum atomic E-state index is 12.7. The average molecular weight is 331 g/mol. The number of benzene rings is 2. The lowest BCUT2D eigenvalue weighted by molar-refractivity contribution is 0.354. The molecule has 120 valence electrons. The smallest absolute Gasteiger partial charge is 0.350 e. The van der Waals surface area contributed by atoms with Gasteiger partial charge in [-0.3, -0.25) is 4.85 Å². The van der Waals surface area contributed by atoms with Crippen LogP contribution in [0.2, 0.25) is 0 Å². The van der Waals surface area contributed by atoms with Crippen molar-refractivity contribution in [1.82, 2.24) is 0 Å². The van der Waals surface area contributed by atoms with Crippen molar-refractivity contribution in [2.45, 2.75) is 17.2 Å². The molecule has 0 fully saturated rings. The fourth-order valence-electron chi connectivity index (χ4n) is 2.19. The SMILES string of the molecule is [C-]#[N+]C(c1ccc(OC)c(OC)c1)S(=O)(=O)c1ccc(C)cc1. The molecule has 0 heterocycles. The minimum Gasteiger partial charge on any atom is -0.493 e. The molecule has 2 aromatic rings. The van der Waals surface area contributed by atoms with Crippen molar-refractivity contribution in [1.29, 1.82) is 0 Å². The largest absolute Gasteiger partial charge is 0.493 e. The lowest BCUT2D eigenvalue weighted by Crippen LogP contribution is -2.11. The molecule has 5 nitrogen and oxygen atoms in total. The van der Waals surface area contributed by atoms with Gasteiger partial charge in [-0.2, -0.15) is 0 Å². The normalized spacial score (nSPS) is 12.3. The molecule has 0 bridgehead atoms. The van der Waals surface area contributed by atoms with Crippen LogP contribution in [0.15, 0.2) is 47.4 Å². The fourth-order valence-corrected chi connectivity index (χ4v) is 3.60. The van der Waals surface area contributed by atoms with Crippen molar-refractivity contribution >= 4 is 9.84 Å². The van der Waals surface area contributed by atoms with Crippen LogP contribution in [0.25, 0.3) is 4.85 Å². The van der Waals surface area contributed by atoms with Gasteiger partial charge in [0.05, 0.1) is 24.7 Å². The number of sulfone groups is 1.